The predicted octanol–water partition coefficient (Wildman–Crippen LogP) is 5.73. The van der Waals surface area contributed by atoms with Crippen molar-refractivity contribution >= 4 is 34.3 Å². The van der Waals surface area contributed by atoms with E-state index in [2.05, 4.69) is 17.2 Å². The number of ether oxygens (including phenoxy) is 1. The fourth-order valence-corrected chi connectivity index (χ4v) is 3.09. The van der Waals surface area contributed by atoms with E-state index in [4.69, 9.17) is 20.8 Å². The number of nitrogens with one attached hydrogen (secondary N) is 1. The molecule has 0 spiro atoms. The molecule has 1 heterocycles. The van der Waals surface area contributed by atoms with Crippen molar-refractivity contribution in [2.24, 2.45) is 0 Å². The maximum atomic E-state index is 12.2. The third kappa shape index (κ3) is 4.58. The van der Waals surface area contributed by atoms with E-state index >= 15 is 0 Å². The second kappa shape index (κ2) is 8.37. The topological polar surface area (TPSA) is 64.4 Å². The van der Waals surface area contributed by atoms with E-state index in [0.717, 1.165) is 12.0 Å². The summed E-state index contributed by atoms with van der Waals surface area (Å²) in [6.07, 6.45) is 0.963. The number of aryl methyl sites for hydroxylation is 1. The molecule has 0 atom stereocenters. The molecule has 146 valence electrons. The van der Waals surface area contributed by atoms with Crippen LogP contribution in [0.15, 0.2) is 71.1 Å². The van der Waals surface area contributed by atoms with Gasteiger partial charge in [-0.15, -0.1) is 0 Å². The Morgan fingerprint density at radius 2 is 1.93 bits per heavy atom. The van der Waals surface area contributed by atoms with Gasteiger partial charge in [-0.3, -0.25) is 4.79 Å². The number of carbonyl (C=O) groups is 1. The number of oxazole rings is 1. The molecule has 4 rings (SSSR count). The minimum Gasteiger partial charge on any atom is -0.484 e. The van der Waals surface area contributed by atoms with Gasteiger partial charge in [-0.05, 0) is 60.5 Å². The summed E-state index contributed by atoms with van der Waals surface area (Å²) in [5, 5.41) is 3.43. The number of carbonyl (C=O) groups excluding carboxylic acids is 1. The van der Waals surface area contributed by atoms with Crippen LogP contribution in [0.4, 0.5) is 5.69 Å². The Kier molecular flexibility index (Phi) is 5.49. The van der Waals surface area contributed by atoms with Crippen LogP contribution in [0.3, 0.4) is 0 Å². The maximum absolute atomic E-state index is 12.2. The number of fused-ring (bicyclic) bond motifs is 1. The van der Waals surface area contributed by atoms with E-state index in [9.17, 15) is 4.79 Å². The Hall–Kier alpha value is -3.31. The van der Waals surface area contributed by atoms with Crippen LogP contribution in [0.25, 0.3) is 22.6 Å². The van der Waals surface area contributed by atoms with Gasteiger partial charge in [0.25, 0.3) is 5.91 Å². The average molecular weight is 407 g/mol. The fourth-order valence-electron chi connectivity index (χ4n) is 2.92. The quantitative estimate of drug-likeness (QED) is 0.444. The van der Waals surface area contributed by atoms with Gasteiger partial charge in [-0.2, -0.15) is 0 Å². The minimum atomic E-state index is -0.244. The Balaban J connectivity index is 1.43. The monoisotopic (exact) mass is 406 g/mol. The van der Waals surface area contributed by atoms with Crippen LogP contribution in [0, 0.1) is 0 Å². The Morgan fingerprint density at radius 1 is 1.10 bits per heavy atom. The third-order valence-electron chi connectivity index (χ3n) is 4.44. The van der Waals surface area contributed by atoms with Gasteiger partial charge in [0, 0.05) is 16.3 Å². The number of rotatable bonds is 6. The van der Waals surface area contributed by atoms with Crippen LogP contribution in [0.5, 0.6) is 5.75 Å². The average Bonchev–Trinajstić information content (AvgIpc) is 3.16. The molecule has 0 aliphatic carbocycles. The van der Waals surface area contributed by atoms with Crippen molar-refractivity contribution in [3.8, 4) is 17.2 Å². The molecule has 3 aromatic carbocycles. The zero-order valence-electron chi connectivity index (χ0n) is 15.8. The van der Waals surface area contributed by atoms with Crippen molar-refractivity contribution in [3.63, 3.8) is 0 Å². The summed E-state index contributed by atoms with van der Waals surface area (Å²) in [5.41, 5.74) is 3.95. The van der Waals surface area contributed by atoms with E-state index in [1.807, 2.05) is 36.4 Å². The first-order valence-corrected chi connectivity index (χ1v) is 9.66. The first kappa shape index (κ1) is 19.0. The molecule has 1 aromatic heterocycles. The molecular weight excluding hydrogens is 388 g/mol. The largest absolute Gasteiger partial charge is 0.484 e. The van der Waals surface area contributed by atoms with Gasteiger partial charge < -0.3 is 14.5 Å². The molecule has 0 saturated carbocycles. The Morgan fingerprint density at radius 3 is 2.72 bits per heavy atom. The first-order valence-electron chi connectivity index (χ1n) is 9.29. The van der Waals surface area contributed by atoms with Gasteiger partial charge in [0.1, 0.15) is 11.3 Å². The molecule has 0 aliphatic heterocycles. The molecule has 0 bridgehead atoms. The number of hydrogen-bond donors (Lipinski definition) is 1. The third-order valence-corrected chi connectivity index (χ3v) is 4.68. The predicted molar refractivity (Wildman–Crippen MR) is 114 cm³/mol. The SMILES string of the molecule is CCc1ccc(OCC(=O)Nc2cccc(-c3nc4cc(Cl)ccc4o3)c2)cc1. The lowest BCUT2D eigenvalue weighted by molar-refractivity contribution is -0.118. The van der Waals surface area contributed by atoms with Crippen molar-refractivity contribution in [1.82, 2.24) is 4.98 Å². The smallest absolute Gasteiger partial charge is 0.262 e. The Bertz CT molecular complexity index is 1150. The number of halogens is 1. The normalized spacial score (nSPS) is 10.8. The molecule has 0 fully saturated rings. The molecule has 1 N–H and O–H groups in total. The molecular formula is C23H19ClN2O3. The number of benzene rings is 3. The first-order chi connectivity index (χ1) is 14.1. The van der Waals surface area contributed by atoms with Gasteiger partial charge in [-0.25, -0.2) is 4.98 Å². The summed E-state index contributed by atoms with van der Waals surface area (Å²) in [6, 6.07) is 20.3. The van der Waals surface area contributed by atoms with Crippen molar-refractivity contribution in [2.75, 3.05) is 11.9 Å². The molecule has 6 heteroatoms. The molecule has 5 nitrogen and oxygen atoms in total. The van der Waals surface area contributed by atoms with E-state index in [-0.39, 0.29) is 12.5 Å². The summed E-state index contributed by atoms with van der Waals surface area (Å²) < 4.78 is 11.3. The summed E-state index contributed by atoms with van der Waals surface area (Å²) in [6.45, 7) is 2.02. The lowest BCUT2D eigenvalue weighted by Gasteiger charge is -2.08. The maximum Gasteiger partial charge on any atom is 0.262 e. The zero-order valence-corrected chi connectivity index (χ0v) is 16.6. The number of nitrogens with zero attached hydrogens (tertiary/aromatic N) is 1. The standard InChI is InChI=1S/C23H19ClN2O3/c1-2-15-6-9-19(10-7-15)28-14-22(27)25-18-5-3-4-16(12-18)23-26-20-13-17(24)8-11-21(20)29-23/h3-13H,2,14H2,1H3,(H,25,27). The highest BCUT2D eigenvalue weighted by molar-refractivity contribution is 6.31. The van der Waals surface area contributed by atoms with Crippen LogP contribution in [0.2, 0.25) is 5.02 Å². The van der Waals surface area contributed by atoms with Crippen LogP contribution in [-0.2, 0) is 11.2 Å². The van der Waals surface area contributed by atoms with Gasteiger partial charge in [0.15, 0.2) is 12.2 Å². The summed E-state index contributed by atoms with van der Waals surface area (Å²) >= 11 is 6.00. The number of anilines is 1. The highest BCUT2D eigenvalue weighted by Gasteiger charge is 2.10. The van der Waals surface area contributed by atoms with Crippen molar-refractivity contribution in [2.45, 2.75) is 13.3 Å². The summed E-state index contributed by atoms with van der Waals surface area (Å²) in [5.74, 6) is 0.882. The molecule has 4 aromatic rings. The summed E-state index contributed by atoms with van der Waals surface area (Å²) in [4.78, 5) is 16.7. The van der Waals surface area contributed by atoms with Crippen LogP contribution >= 0.6 is 11.6 Å². The van der Waals surface area contributed by atoms with Gasteiger partial charge in [0.05, 0.1) is 0 Å². The second-order valence-electron chi connectivity index (χ2n) is 6.55. The van der Waals surface area contributed by atoms with E-state index < -0.39 is 0 Å². The van der Waals surface area contributed by atoms with Crippen LogP contribution < -0.4 is 10.1 Å². The highest BCUT2D eigenvalue weighted by atomic mass is 35.5. The van der Waals surface area contributed by atoms with E-state index in [1.165, 1.54) is 5.56 Å². The fraction of sp³-hybridized carbons (Fsp3) is 0.130. The van der Waals surface area contributed by atoms with Crippen molar-refractivity contribution in [1.29, 1.82) is 0 Å². The lowest BCUT2D eigenvalue weighted by atomic mass is 10.2. The van der Waals surface area contributed by atoms with Crippen LogP contribution in [0.1, 0.15) is 12.5 Å². The number of hydrogen-bond acceptors (Lipinski definition) is 4. The Labute approximate surface area is 173 Å². The minimum absolute atomic E-state index is 0.0723. The molecule has 1 amide bonds. The zero-order chi connectivity index (χ0) is 20.2. The summed E-state index contributed by atoms with van der Waals surface area (Å²) in [7, 11) is 0. The van der Waals surface area contributed by atoms with Gasteiger partial charge in [-0.1, -0.05) is 36.7 Å². The van der Waals surface area contributed by atoms with Gasteiger partial charge >= 0.3 is 0 Å². The second-order valence-corrected chi connectivity index (χ2v) is 6.98. The molecule has 0 saturated heterocycles. The molecule has 0 radical (unpaired) electrons. The molecule has 0 unspecified atom stereocenters. The number of aromatic nitrogens is 1. The molecule has 29 heavy (non-hydrogen) atoms. The highest BCUT2D eigenvalue weighted by Crippen LogP contribution is 2.27. The van der Waals surface area contributed by atoms with Crippen LogP contribution in [-0.4, -0.2) is 17.5 Å². The van der Waals surface area contributed by atoms with Crippen molar-refractivity contribution in [3.05, 3.63) is 77.3 Å². The van der Waals surface area contributed by atoms with Crippen molar-refractivity contribution < 1.29 is 13.9 Å². The molecule has 0 aliphatic rings. The van der Waals surface area contributed by atoms with E-state index in [1.54, 1.807) is 30.3 Å². The number of amides is 1. The lowest BCUT2D eigenvalue weighted by Crippen LogP contribution is -2.20. The van der Waals surface area contributed by atoms with E-state index in [0.29, 0.717) is 33.4 Å². The van der Waals surface area contributed by atoms with Gasteiger partial charge in [0.2, 0.25) is 5.89 Å².